The number of carbonyl (C=O) groups is 2. The molecule has 31 heavy (non-hydrogen) atoms. The second-order valence-corrected chi connectivity index (χ2v) is 6.77. The van der Waals surface area contributed by atoms with Crippen LogP contribution in [0.4, 0.5) is 18.0 Å². The number of aromatic nitrogens is 3. The van der Waals surface area contributed by atoms with Gasteiger partial charge in [0.15, 0.2) is 17.1 Å². The quantitative estimate of drug-likeness (QED) is 0.626. The number of halogens is 3. The largest absolute Gasteiger partial charge is 0.463 e. The van der Waals surface area contributed by atoms with Gasteiger partial charge in [-0.05, 0) is 25.1 Å². The van der Waals surface area contributed by atoms with Crippen LogP contribution in [-0.2, 0) is 10.9 Å². The van der Waals surface area contributed by atoms with Gasteiger partial charge in [-0.15, -0.1) is 0 Å². The van der Waals surface area contributed by atoms with E-state index in [1.807, 2.05) is 0 Å². The number of amides is 2. The minimum Gasteiger partial charge on any atom is -0.463 e. The summed E-state index contributed by atoms with van der Waals surface area (Å²) in [5, 5.41) is 3.76. The van der Waals surface area contributed by atoms with Crippen molar-refractivity contribution in [2.45, 2.75) is 13.1 Å². The zero-order chi connectivity index (χ0) is 22.2. The number of hydrogen-bond acceptors (Lipinski definition) is 6. The van der Waals surface area contributed by atoms with Gasteiger partial charge in [-0.2, -0.15) is 18.3 Å². The number of hydrogen-bond donors (Lipinski definition) is 0. The van der Waals surface area contributed by atoms with E-state index in [0.717, 1.165) is 12.3 Å². The fraction of sp³-hybridized carbons (Fsp3) is 0.368. The summed E-state index contributed by atoms with van der Waals surface area (Å²) >= 11 is 0. The standard InChI is InChI=1S/C19H18F3N5O4/c1-2-30-18(29)26-7-5-25(6-8-26)17(28)12-11-23-27-15(19(20,21)22)10-13(24-16(12)27)14-4-3-9-31-14/h3-4,9-11H,2,5-8H2,1H3. The minimum absolute atomic E-state index is 0.0634. The Bertz CT molecular complexity index is 1100. The van der Waals surface area contributed by atoms with Crippen molar-refractivity contribution in [3.63, 3.8) is 0 Å². The first kappa shape index (κ1) is 20.7. The molecule has 0 saturated carbocycles. The fourth-order valence-electron chi connectivity index (χ4n) is 3.34. The van der Waals surface area contributed by atoms with Crippen LogP contribution in [0.5, 0.6) is 0 Å². The van der Waals surface area contributed by atoms with Gasteiger partial charge in [0.1, 0.15) is 11.3 Å². The van der Waals surface area contributed by atoms with Crippen molar-refractivity contribution in [3.8, 4) is 11.5 Å². The summed E-state index contributed by atoms with van der Waals surface area (Å²) in [6.45, 7) is 2.86. The lowest BCUT2D eigenvalue weighted by Gasteiger charge is -2.33. The average Bonchev–Trinajstić information content (AvgIpc) is 3.42. The summed E-state index contributed by atoms with van der Waals surface area (Å²) in [6.07, 6.45) is -2.80. The Morgan fingerprint density at radius 3 is 2.52 bits per heavy atom. The third kappa shape index (κ3) is 3.92. The van der Waals surface area contributed by atoms with E-state index in [1.54, 1.807) is 6.92 Å². The molecule has 1 aliphatic rings. The summed E-state index contributed by atoms with van der Waals surface area (Å²) in [5.41, 5.74) is -1.43. The van der Waals surface area contributed by atoms with Gasteiger partial charge in [0.05, 0.1) is 19.1 Å². The first-order valence-corrected chi connectivity index (χ1v) is 9.50. The van der Waals surface area contributed by atoms with Gasteiger partial charge >= 0.3 is 12.3 Å². The monoisotopic (exact) mass is 437 g/mol. The lowest BCUT2D eigenvalue weighted by molar-refractivity contribution is -0.142. The molecular formula is C19H18F3N5O4. The molecule has 12 heteroatoms. The van der Waals surface area contributed by atoms with Gasteiger partial charge in [-0.25, -0.2) is 14.3 Å². The number of furan rings is 1. The van der Waals surface area contributed by atoms with Crippen molar-refractivity contribution in [2.75, 3.05) is 32.8 Å². The lowest BCUT2D eigenvalue weighted by Crippen LogP contribution is -2.50. The van der Waals surface area contributed by atoms with Crippen LogP contribution in [0.25, 0.3) is 17.1 Å². The topological polar surface area (TPSA) is 93.2 Å². The Hall–Kier alpha value is -3.57. The Labute approximate surface area is 174 Å². The first-order valence-electron chi connectivity index (χ1n) is 9.50. The number of rotatable bonds is 3. The highest BCUT2D eigenvalue weighted by atomic mass is 19.4. The molecule has 0 radical (unpaired) electrons. The highest BCUT2D eigenvalue weighted by molar-refractivity contribution is 6.00. The van der Waals surface area contributed by atoms with Gasteiger partial charge in [-0.3, -0.25) is 4.79 Å². The van der Waals surface area contributed by atoms with Crippen molar-refractivity contribution in [3.05, 3.63) is 41.9 Å². The molecule has 0 bridgehead atoms. The number of piperazine rings is 1. The van der Waals surface area contributed by atoms with Crippen LogP contribution < -0.4 is 0 Å². The van der Waals surface area contributed by atoms with E-state index in [2.05, 4.69) is 10.1 Å². The van der Waals surface area contributed by atoms with Crippen LogP contribution in [0.3, 0.4) is 0 Å². The number of fused-ring (bicyclic) bond motifs is 1. The molecule has 9 nitrogen and oxygen atoms in total. The summed E-state index contributed by atoms with van der Waals surface area (Å²) in [7, 11) is 0. The Balaban J connectivity index is 1.66. The third-order valence-corrected chi connectivity index (χ3v) is 4.86. The molecule has 0 atom stereocenters. The van der Waals surface area contributed by atoms with Gasteiger partial charge in [0, 0.05) is 26.2 Å². The van der Waals surface area contributed by atoms with E-state index in [1.165, 1.54) is 28.2 Å². The highest BCUT2D eigenvalue weighted by Gasteiger charge is 2.37. The molecule has 1 aliphatic heterocycles. The van der Waals surface area contributed by atoms with Crippen molar-refractivity contribution < 1.29 is 31.9 Å². The van der Waals surface area contributed by atoms with Gasteiger partial charge in [0.2, 0.25) is 0 Å². The smallest absolute Gasteiger partial charge is 0.433 e. The molecular weight excluding hydrogens is 419 g/mol. The van der Waals surface area contributed by atoms with Gasteiger partial charge in [0.25, 0.3) is 5.91 Å². The second-order valence-electron chi connectivity index (χ2n) is 6.77. The average molecular weight is 437 g/mol. The van der Waals surface area contributed by atoms with Crippen LogP contribution in [0, 0.1) is 0 Å². The van der Waals surface area contributed by atoms with Crippen molar-refractivity contribution >= 4 is 17.6 Å². The zero-order valence-electron chi connectivity index (χ0n) is 16.4. The van der Waals surface area contributed by atoms with Crippen LogP contribution in [0.15, 0.2) is 35.1 Å². The third-order valence-electron chi connectivity index (χ3n) is 4.86. The molecule has 3 aromatic heterocycles. The Morgan fingerprint density at radius 1 is 1.19 bits per heavy atom. The van der Waals surface area contributed by atoms with E-state index in [9.17, 15) is 22.8 Å². The van der Waals surface area contributed by atoms with E-state index in [-0.39, 0.29) is 55.5 Å². The van der Waals surface area contributed by atoms with E-state index >= 15 is 0 Å². The predicted octanol–water partition coefficient (Wildman–Crippen LogP) is 2.92. The van der Waals surface area contributed by atoms with Gasteiger partial charge < -0.3 is 19.0 Å². The fourth-order valence-corrected chi connectivity index (χ4v) is 3.34. The van der Waals surface area contributed by atoms with E-state index in [0.29, 0.717) is 4.52 Å². The molecule has 0 spiro atoms. The highest BCUT2D eigenvalue weighted by Crippen LogP contribution is 2.33. The normalized spacial score (nSPS) is 14.8. The zero-order valence-corrected chi connectivity index (χ0v) is 16.4. The van der Waals surface area contributed by atoms with E-state index in [4.69, 9.17) is 9.15 Å². The molecule has 0 N–H and O–H groups in total. The van der Waals surface area contributed by atoms with Gasteiger partial charge in [-0.1, -0.05) is 0 Å². The number of ether oxygens (including phenoxy) is 1. The summed E-state index contributed by atoms with van der Waals surface area (Å²) in [4.78, 5) is 32.0. The molecule has 0 aromatic carbocycles. The number of nitrogens with zero attached hydrogens (tertiary/aromatic N) is 5. The van der Waals surface area contributed by atoms with Crippen molar-refractivity contribution in [1.82, 2.24) is 24.4 Å². The Morgan fingerprint density at radius 2 is 1.90 bits per heavy atom. The molecule has 1 fully saturated rings. The molecule has 164 valence electrons. The summed E-state index contributed by atoms with van der Waals surface area (Å²) in [6, 6.07) is 3.83. The SMILES string of the molecule is CCOC(=O)N1CCN(C(=O)c2cnn3c(C(F)(F)F)cc(-c4ccco4)nc23)CC1. The molecule has 4 rings (SSSR count). The number of alkyl halides is 3. The van der Waals surface area contributed by atoms with Crippen molar-refractivity contribution in [2.24, 2.45) is 0 Å². The van der Waals surface area contributed by atoms with Crippen LogP contribution in [0.2, 0.25) is 0 Å². The van der Waals surface area contributed by atoms with E-state index < -0.39 is 23.9 Å². The molecule has 1 saturated heterocycles. The maximum Gasteiger partial charge on any atom is 0.433 e. The van der Waals surface area contributed by atoms with Crippen LogP contribution >= 0.6 is 0 Å². The molecule has 0 unspecified atom stereocenters. The second kappa shape index (κ2) is 7.93. The van der Waals surface area contributed by atoms with Crippen LogP contribution in [0.1, 0.15) is 23.0 Å². The predicted molar refractivity (Wildman–Crippen MR) is 100 cm³/mol. The van der Waals surface area contributed by atoms with Crippen molar-refractivity contribution in [1.29, 1.82) is 0 Å². The molecule has 3 aromatic rings. The Kier molecular flexibility index (Phi) is 5.29. The van der Waals surface area contributed by atoms with Crippen LogP contribution in [-0.4, -0.2) is 69.2 Å². The molecule has 2 amide bonds. The maximum atomic E-state index is 13.6. The molecule has 4 heterocycles. The first-order chi connectivity index (χ1) is 14.8. The summed E-state index contributed by atoms with van der Waals surface area (Å²) < 4.78 is 51.6. The number of carbonyl (C=O) groups excluding carboxylic acids is 2. The maximum absolute atomic E-state index is 13.6. The summed E-state index contributed by atoms with van der Waals surface area (Å²) in [5.74, 6) is -0.383. The minimum atomic E-state index is -4.72. The molecule has 0 aliphatic carbocycles. The lowest BCUT2D eigenvalue weighted by atomic mass is 10.2.